The van der Waals surface area contributed by atoms with Crippen molar-refractivity contribution in [1.82, 2.24) is 0 Å². The number of carbonyl (C=O) groups is 1. The van der Waals surface area contributed by atoms with Crippen molar-refractivity contribution in [2.45, 2.75) is 13.3 Å². The maximum atomic E-state index is 11.2. The predicted molar refractivity (Wildman–Crippen MR) is 57.9 cm³/mol. The van der Waals surface area contributed by atoms with Gasteiger partial charge in [-0.3, -0.25) is 4.79 Å². The zero-order valence-corrected chi connectivity index (χ0v) is 8.69. The fourth-order valence-corrected chi connectivity index (χ4v) is 1.17. The third-order valence-electron chi connectivity index (χ3n) is 1.80. The zero-order chi connectivity index (χ0) is 11.1. The van der Waals surface area contributed by atoms with E-state index in [4.69, 9.17) is 9.84 Å². The lowest BCUT2D eigenvalue weighted by Gasteiger charge is -2.10. The standard InChI is InChI=1S/C11H15NO3/c1-2-15-10-6-4-3-5-9(10)12-11(14)7-8-13/h3-6,13H,2,7-8H2,1H3,(H,12,14). The number of aliphatic hydroxyl groups is 1. The lowest BCUT2D eigenvalue weighted by molar-refractivity contribution is -0.116. The van der Waals surface area contributed by atoms with Crippen LogP contribution in [0.2, 0.25) is 0 Å². The Labute approximate surface area is 88.9 Å². The highest BCUT2D eigenvalue weighted by Gasteiger charge is 2.05. The largest absolute Gasteiger partial charge is 0.492 e. The summed E-state index contributed by atoms with van der Waals surface area (Å²) in [6.07, 6.45) is 0.0977. The average molecular weight is 209 g/mol. The van der Waals surface area contributed by atoms with Gasteiger partial charge in [0.25, 0.3) is 0 Å². The Morgan fingerprint density at radius 1 is 1.47 bits per heavy atom. The Hall–Kier alpha value is -1.55. The molecule has 1 rings (SSSR count). The molecule has 0 aliphatic carbocycles. The summed E-state index contributed by atoms with van der Waals surface area (Å²) in [4.78, 5) is 11.2. The van der Waals surface area contributed by atoms with Gasteiger partial charge in [-0.2, -0.15) is 0 Å². The molecule has 0 heterocycles. The number of rotatable bonds is 5. The van der Waals surface area contributed by atoms with Crippen LogP contribution in [0.25, 0.3) is 0 Å². The van der Waals surface area contributed by atoms with E-state index in [1.807, 2.05) is 19.1 Å². The molecule has 0 aliphatic heterocycles. The minimum absolute atomic E-state index is 0.0977. The average Bonchev–Trinajstić information content (AvgIpc) is 2.21. The van der Waals surface area contributed by atoms with Crippen molar-refractivity contribution in [2.75, 3.05) is 18.5 Å². The summed E-state index contributed by atoms with van der Waals surface area (Å²) in [5.74, 6) is 0.427. The molecule has 0 saturated heterocycles. The van der Waals surface area contributed by atoms with Gasteiger partial charge >= 0.3 is 0 Å². The van der Waals surface area contributed by atoms with Gasteiger partial charge in [0, 0.05) is 0 Å². The summed E-state index contributed by atoms with van der Waals surface area (Å²) in [5.41, 5.74) is 0.637. The molecule has 4 nitrogen and oxygen atoms in total. The van der Waals surface area contributed by atoms with E-state index in [-0.39, 0.29) is 18.9 Å². The summed E-state index contributed by atoms with van der Waals surface area (Å²) < 4.78 is 5.34. The number of hydrogen-bond acceptors (Lipinski definition) is 3. The normalized spacial score (nSPS) is 9.73. The highest BCUT2D eigenvalue weighted by atomic mass is 16.5. The van der Waals surface area contributed by atoms with Gasteiger partial charge in [-0.05, 0) is 19.1 Å². The number of para-hydroxylation sites is 2. The topological polar surface area (TPSA) is 58.6 Å². The van der Waals surface area contributed by atoms with Crippen LogP contribution in [0.1, 0.15) is 13.3 Å². The van der Waals surface area contributed by atoms with Crippen LogP contribution in [0.5, 0.6) is 5.75 Å². The summed E-state index contributed by atoms with van der Waals surface area (Å²) in [5, 5.41) is 11.3. The quantitative estimate of drug-likeness (QED) is 0.770. The minimum atomic E-state index is -0.218. The van der Waals surface area contributed by atoms with Gasteiger partial charge in [0.15, 0.2) is 0 Å². The van der Waals surface area contributed by atoms with E-state index in [0.717, 1.165) is 0 Å². The molecular weight excluding hydrogens is 194 g/mol. The van der Waals surface area contributed by atoms with Gasteiger partial charge in [-0.25, -0.2) is 0 Å². The van der Waals surface area contributed by atoms with Crippen LogP contribution in [0.3, 0.4) is 0 Å². The first kappa shape index (κ1) is 11.5. The first-order valence-corrected chi connectivity index (χ1v) is 4.90. The molecule has 2 N–H and O–H groups in total. The van der Waals surface area contributed by atoms with Crippen molar-refractivity contribution in [1.29, 1.82) is 0 Å². The van der Waals surface area contributed by atoms with E-state index in [9.17, 15) is 4.79 Å². The van der Waals surface area contributed by atoms with Crippen molar-refractivity contribution in [3.05, 3.63) is 24.3 Å². The van der Waals surface area contributed by atoms with E-state index >= 15 is 0 Å². The Morgan fingerprint density at radius 3 is 2.87 bits per heavy atom. The first-order chi connectivity index (χ1) is 7.27. The lowest BCUT2D eigenvalue weighted by Crippen LogP contribution is -2.13. The van der Waals surface area contributed by atoms with E-state index in [0.29, 0.717) is 18.0 Å². The van der Waals surface area contributed by atoms with E-state index in [1.165, 1.54) is 0 Å². The zero-order valence-electron chi connectivity index (χ0n) is 8.69. The third kappa shape index (κ3) is 3.59. The van der Waals surface area contributed by atoms with Crippen LogP contribution < -0.4 is 10.1 Å². The van der Waals surface area contributed by atoms with Gasteiger partial charge in [-0.15, -0.1) is 0 Å². The second kappa shape index (κ2) is 6.03. The highest BCUT2D eigenvalue weighted by Crippen LogP contribution is 2.23. The number of ether oxygens (including phenoxy) is 1. The molecule has 0 aliphatic rings. The van der Waals surface area contributed by atoms with Gasteiger partial charge in [-0.1, -0.05) is 12.1 Å². The molecule has 0 radical (unpaired) electrons. The molecule has 4 heteroatoms. The Kier molecular flexibility index (Phi) is 4.63. The van der Waals surface area contributed by atoms with E-state index in [1.54, 1.807) is 12.1 Å². The second-order valence-corrected chi connectivity index (χ2v) is 2.95. The van der Waals surface area contributed by atoms with E-state index in [2.05, 4.69) is 5.32 Å². The number of anilines is 1. The number of hydrogen-bond donors (Lipinski definition) is 2. The van der Waals surface area contributed by atoms with Crippen LogP contribution in [0.4, 0.5) is 5.69 Å². The first-order valence-electron chi connectivity index (χ1n) is 4.90. The van der Waals surface area contributed by atoms with Gasteiger partial charge in [0.1, 0.15) is 5.75 Å². The van der Waals surface area contributed by atoms with Crippen LogP contribution in [0, 0.1) is 0 Å². The number of carbonyl (C=O) groups excluding carboxylic acids is 1. The molecule has 0 fully saturated rings. The Balaban J connectivity index is 2.70. The molecule has 0 atom stereocenters. The molecular formula is C11H15NO3. The molecule has 0 saturated carbocycles. The fraction of sp³-hybridized carbons (Fsp3) is 0.364. The van der Waals surface area contributed by atoms with Crippen molar-refractivity contribution in [3.8, 4) is 5.75 Å². The number of aliphatic hydroxyl groups excluding tert-OH is 1. The maximum Gasteiger partial charge on any atom is 0.226 e. The van der Waals surface area contributed by atoms with Crippen molar-refractivity contribution < 1.29 is 14.6 Å². The lowest BCUT2D eigenvalue weighted by atomic mass is 10.3. The summed E-state index contributed by atoms with van der Waals surface area (Å²) in [6, 6.07) is 7.21. The SMILES string of the molecule is CCOc1ccccc1NC(=O)CCO. The minimum Gasteiger partial charge on any atom is -0.492 e. The fourth-order valence-electron chi connectivity index (χ4n) is 1.17. The van der Waals surface area contributed by atoms with Crippen LogP contribution in [-0.4, -0.2) is 24.2 Å². The molecule has 0 aromatic heterocycles. The van der Waals surface area contributed by atoms with Gasteiger partial charge in [0.05, 0.1) is 25.3 Å². The number of nitrogens with one attached hydrogen (secondary N) is 1. The second-order valence-electron chi connectivity index (χ2n) is 2.95. The Bertz CT molecular complexity index is 325. The molecule has 1 aromatic rings. The van der Waals surface area contributed by atoms with Crippen molar-refractivity contribution >= 4 is 11.6 Å². The van der Waals surface area contributed by atoms with Crippen molar-refractivity contribution in [3.63, 3.8) is 0 Å². The molecule has 1 amide bonds. The summed E-state index contributed by atoms with van der Waals surface area (Å²) in [7, 11) is 0. The van der Waals surface area contributed by atoms with Crippen molar-refractivity contribution in [2.24, 2.45) is 0 Å². The predicted octanol–water partition coefficient (Wildman–Crippen LogP) is 1.41. The van der Waals surface area contributed by atoms with Crippen LogP contribution in [-0.2, 0) is 4.79 Å². The summed E-state index contributed by atoms with van der Waals surface area (Å²) >= 11 is 0. The Morgan fingerprint density at radius 2 is 2.20 bits per heavy atom. The molecule has 0 bridgehead atoms. The summed E-state index contributed by atoms with van der Waals surface area (Å²) in [6.45, 7) is 2.28. The maximum absolute atomic E-state index is 11.2. The van der Waals surface area contributed by atoms with Crippen LogP contribution >= 0.6 is 0 Å². The smallest absolute Gasteiger partial charge is 0.226 e. The highest BCUT2D eigenvalue weighted by molar-refractivity contribution is 5.92. The number of benzene rings is 1. The van der Waals surface area contributed by atoms with Gasteiger partial charge in [0.2, 0.25) is 5.91 Å². The molecule has 1 aromatic carbocycles. The van der Waals surface area contributed by atoms with E-state index < -0.39 is 0 Å². The monoisotopic (exact) mass is 209 g/mol. The van der Waals surface area contributed by atoms with Gasteiger partial charge < -0.3 is 15.2 Å². The molecule has 82 valence electrons. The molecule has 15 heavy (non-hydrogen) atoms. The number of amides is 1. The third-order valence-corrected chi connectivity index (χ3v) is 1.80. The molecule has 0 unspecified atom stereocenters. The molecule has 0 spiro atoms. The van der Waals surface area contributed by atoms with Crippen LogP contribution in [0.15, 0.2) is 24.3 Å².